The average Bonchev–Trinajstić information content (AvgIpc) is 2.84. The summed E-state index contributed by atoms with van der Waals surface area (Å²) in [6.07, 6.45) is 7.94. The van der Waals surface area contributed by atoms with Gasteiger partial charge in [-0.25, -0.2) is 4.79 Å². The number of urea groups is 1. The molecule has 1 fully saturated rings. The summed E-state index contributed by atoms with van der Waals surface area (Å²) in [5, 5.41) is 6.68. The van der Waals surface area contributed by atoms with Crippen molar-refractivity contribution < 1.29 is 19.0 Å². The predicted molar refractivity (Wildman–Crippen MR) is 125 cm³/mol. The Morgan fingerprint density at radius 3 is 2.41 bits per heavy atom. The van der Waals surface area contributed by atoms with Crippen LogP contribution in [0, 0.1) is 5.92 Å². The minimum absolute atomic E-state index is 0.176. The molecule has 0 unspecified atom stereocenters. The third kappa shape index (κ3) is 5.22. The van der Waals surface area contributed by atoms with E-state index in [0.717, 1.165) is 17.4 Å². The Hall–Kier alpha value is -3.48. The number of nitrogens with one attached hydrogen (secondary N) is 2. The van der Waals surface area contributed by atoms with Gasteiger partial charge in [0, 0.05) is 29.9 Å². The van der Waals surface area contributed by atoms with Gasteiger partial charge in [0.25, 0.3) is 0 Å². The Bertz CT molecular complexity index is 1060. The number of rotatable bonds is 7. The molecule has 7 heteroatoms. The number of nitrogens with zero attached hydrogens (tertiary/aromatic N) is 1. The van der Waals surface area contributed by atoms with Gasteiger partial charge >= 0.3 is 6.03 Å². The van der Waals surface area contributed by atoms with Gasteiger partial charge in [-0.05, 0) is 55.2 Å². The highest BCUT2D eigenvalue weighted by Crippen LogP contribution is 2.37. The van der Waals surface area contributed by atoms with Gasteiger partial charge in [0.15, 0.2) is 11.5 Å². The minimum atomic E-state index is -0.176. The molecule has 1 aromatic heterocycles. The smallest absolute Gasteiger partial charge is 0.319 e. The van der Waals surface area contributed by atoms with Crippen molar-refractivity contribution in [3.63, 3.8) is 0 Å². The molecule has 0 atom stereocenters. The summed E-state index contributed by atoms with van der Waals surface area (Å²) in [6, 6.07) is 12.6. The zero-order valence-electron chi connectivity index (χ0n) is 18.5. The molecule has 168 valence electrons. The van der Waals surface area contributed by atoms with Gasteiger partial charge in [0.05, 0.1) is 19.7 Å². The number of carbonyl (C=O) groups is 1. The first-order valence-electron chi connectivity index (χ1n) is 11.0. The first-order chi connectivity index (χ1) is 15.7. The maximum Gasteiger partial charge on any atom is 0.319 e. The van der Waals surface area contributed by atoms with Gasteiger partial charge in [-0.15, -0.1) is 0 Å². The van der Waals surface area contributed by atoms with E-state index >= 15 is 0 Å². The van der Waals surface area contributed by atoms with Gasteiger partial charge in [0.2, 0.25) is 0 Å². The summed E-state index contributed by atoms with van der Waals surface area (Å²) in [5.74, 6) is 3.12. The second kappa shape index (κ2) is 10.2. The summed E-state index contributed by atoms with van der Waals surface area (Å²) in [5.41, 5.74) is 1.46. The highest BCUT2D eigenvalue weighted by Gasteiger charge is 2.14. The number of ether oxygens (including phenoxy) is 3. The lowest BCUT2D eigenvalue weighted by molar-refractivity contribution is 0.247. The molecule has 2 aromatic carbocycles. The number of hydrogen-bond acceptors (Lipinski definition) is 5. The van der Waals surface area contributed by atoms with Crippen LogP contribution < -0.4 is 24.8 Å². The van der Waals surface area contributed by atoms with Gasteiger partial charge in [0.1, 0.15) is 11.5 Å². The van der Waals surface area contributed by atoms with Crippen LogP contribution in [0.1, 0.15) is 32.1 Å². The fraction of sp³-hybridized carbons (Fsp3) is 0.360. The van der Waals surface area contributed by atoms with Gasteiger partial charge in [-0.2, -0.15) is 0 Å². The van der Waals surface area contributed by atoms with E-state index < -0.39 is 0 Å². The van der Waals surface area contributed by atoms with Crippen LogP contribution in [0.5, 0.6) is 23.0 Å². The van der Waals surface area contributed by atoms with E-state index in [1.807, 2.05) is 36.4 Å². The summed E-state index contributed by atoms with van der Waals surface area (Å²) in [4.78, 5) is 16.6. The van der Waals surface area contributed by atoms with Crippen molar-refractivity contribution >= 4 is 22.6 Å². The zero-order valence-corrected chi connectivity index (χ0v) is 18.5. The molecule has 1 aliphatic carbocycles. The van der Waals surface area contributed by atoms with Crippen molar-refractivity contribution in [2.24, 2.45) is 5.92 Å². The Morgan fingerprint density at radius 2 is 1.69 bits per heavy atom. The number of pyridine rings is 1. The van der Waals surface area contributed by atoms with Crippen LogP contribution in [-0.2, 0) is 0 Å². The molecule has 7 nitrogen and oxygen atoms in total. The number of fused-ring (bicyclic) bond motifs is 1. The van der Waals surface area contributed by atoms with Crippen molar-refractivity contribution in [2.75, 3.05) is 26.1 Å². The standard InChI is InChI=1S/C25H29N3O4/c1-30-23-14-20-21(15-24(23)31-2)26-13-12-22(20)32-19-10-8-18(9-11-19)28-25(29)27-16-17-6-4-3-5-7-17/h8-15,17H,3-7,16H2,1-2H3,(H2,27,28,29). The molecule has 32 heavy (non-hydrogen) atoms. The van der Waals surface area contributed by atoms with Crippen LogP contribution in [0.4, 0.5) is 10.5 Å². The maximum atomic E-state index is 12.2. The number of benzene rings is 2. The Morgan fingerprint density at radius 1 is 0.969 bits per heavy atom. The highest BCUT2D eigenvalue weighted by atomic mass is 16.5. The Balaban J connectivity index is 1.40. The Labute approximate surface area is 188 Å². The molecule has 0 radical (unpaired) electrons. The first kappa shape index (κ1) is 21.7. The summed E-state index contributed by atoms with van der Waals surface area (Å²) >= 11 is 0. The van der Waals surface area contributed by atoms with E-state index in [1.54, 1.807) is 26.5 Å². The molecule has 4 rings (SSSR count). The number of anilines is 1. The molecule has 3 aromatic rings. The molecule has 0 saturated heterocycles. The molecule has 2 amide bonds. The van der Waals surface area contributed by atoms with E-state index in [1.165, 1.54) is 32.1 Å². The van der Waals surface area contributed by atoms with Gasteiger partial charge < -0.3 is 24.8 Å². The maximum absolute atomic E-state index is 12.2. The molecular formula is C25H29N3O4. The lowest BCUT2D eigenvalue weighted by Crippen LogP contribution is -2.33. The molecule has 0 spiro atoms. The van der Waals surface area contributed by atoms with Crippen molar-refractivity contribution in [2.45, 2.75) is 32.1 Å². The van der Waals surface area contributed by atoms with E-state index in [-0.39, 0.29) is 6.03 Å². The van der Waals surface area contributed by atoms with E-state index in [0.29, 0.717) is 34.6 Å². The number of amides is 2. The predicted octanol–water partition coefficient (Wildman–Crippen LogP) is 5.75. The van der Waals surface area contributed by atoms with Gasteiger partial charge in [-0.3, -0.25) is 4.98 Å². The van der Waals surface area contributed by atoms with Crippen LogP contribution >= 0.6 is 0 Å². The number of methoxy groups -OCH3 is 2. The van der Waals surface area contributed by atoms with Crippen molar-refractivity contribution in [3.05, 3.63) is 48.7 Å². The molecule has 1 heterocycles. The van der Waals surface area contributed by atoms with Crippen LogP contribution in [0.25, 0.3) is 10.9 Å². The number of carbonyl (C=O) groups excluding carboxylic acids is 1. The lowest BCUT2D eigenvalue weighted by atomic mass is 9.89. The first-order valence-corrected chi connectivity index (χ1v) is 11.0. The fourth-order valence-electron chi connectivity index (χ4n) is 4.07. The topological polar surface area (TPSA) is 81.7 Å². The van der Waals surface area contributed by atoms with Crippen molar-refractivity contribution in [3.8, 4) is 23.0 Å². The third-order valence-corrected chi connectivity index (χ3v) is 5.82. The minimum Gasteiger partial charge on any atom is -0.493 e. The summed E-state index contributed by atoms with van der Waals surface area (Å²) in [7, 11) is 3.19. The highest BCUT2D eigenvalue weighted by molar-refractivity contribution is 5.89. The molecule has 1 aliphatic rings. The SMILES string of the molecule is COc1cc2nccc(Oc3ccc(NC(=O)NCC4CCCCC4)cc3)c2cc1OC. The normalized spacial score (nSPS) is 14.1. The van der Waals surface area contributed by atoms with Crippen LogP contribution in [0.2, 0.25) is 0 Å². The van der Waals surface area contributed by atoms with Crippen LogP contribution in [0.15, 0.2) is 48.7 Å². The number of hydrogen-bond donors (Lipinski definition) is 2. The zero-order chi connectivity index (χ0) is 22.3. The second-order valence-electron chi connectivity index (χ2n) is 8.00. The van der Waals surface area contributed by atoms with Crippen LogP contribution in [0.3, 0.4) is 0 Å². The van der Waals surface area contributed by atoms with E-state index in [9.17, 15) is 4.79 Å². The molecule has 1 saturated carbocycles. The third-order valence-electron chi connectivity index (χ3n) is 5.82. The van der Waals surface area contributed by atoms with E-state index in [2.05, 4.69) is 15.6 Å². The molecule has 0 bridgehead atoms. The summed E-state index contributed by atoms with van der Waals surface area (Å²) < 4.78 is 16.8. The lowest BCUT2D eigenvalue weighted by Gasteiger charge is -2.21. The van der Waals surface area contributed by atoms with E-state index in [4.69, 9.17) is 14.2 Å². The van der Waals surface area contributed by atoms with Crippen molar-refractivity contribution in [1.82, 2.24) is 10.3 Å². The molecule has 0 aliphatic heterocycles. The Kier molecular flexibility index (Phi) is 6.94. The van der Waals surface area contributed by atoms with Crippen molar-refractivity contribution in [1.29, 1.82) is 0 Å². The number of aromatic nitrogens is 1. The van der Waals surface area contributed by atoms with Crippen LogP contribution in [-0.4, -0.2) is 31.8 Å². The molecule has 2 N–H and O–H groups in total. The van der Waals surface area contributed by atoms with Gasteiger partial charge in [-0.1, -0.05) is 19.3 Å². The fourth-order valence-corrected chi connectivity index (χ4v) is 4.07. The average molecular weight is 436 g/mol. The quantitative estimate of drug-likeness (QED) is 0.494. The largest absolute Gasteiger partial charge is 0.493 e. The summed E-state index contributed by atoms with van der Waals surface area (Å²) in [6.45, 7) is 0.733. The second-order valence-corrected chi connectivity index (χ2v) is 8.00. The molecular weight excluding hydrogens is 406 g/mol. The monoisotopic (exact) mass is 435 g/mol.